The molecule has 0 saturated heterocycles. The Balaban J connectivity index is 3.35. The number of aldehydes is 1. The molecule has 94 valence electrons. The van der Waals surface area contributed by atoms with Gasteiger partial charge < -0.3 is 4.79 Å². The molecule has 1 nitrogen and oxygen atoms in total. The number of allylic oxidation sites excluding steroid dienone is 8. The molecule has 0 aliphatic rings. The summed E-state index contributed by atoms with van der Waals surface area (Å²) in [6.07, 6.45) is 23.8. The summed E-state index contributed by atoms with van der Waals surface area (Å²) in [4.78, 5) is 10.0. The van der Waals surface area contributed by atoms with Gasteiger partial charge in [0.1, 0.15) is 6.29 Å². The fourth-order valence-electron chi connectivity index (χ4n) is 1.26. The number of carbonyl (C=O) groups is 1. The van der Waals surface area contributed by atoms with Crippen molar-refractivity contribution in [1.29, 1.82) is 0 Å². The second kappa shape index (κ2) is 14.6. The van der Waals surface area contributed by atoms with E-state index in [0.29, 0.717) is 6.42 Å². The number of carbonyl (C=O) groups excluding carboxylic acids is 1. The highest BCUT2D eigenvalue weighted by atomic mass is 16.1. The molecule has 0 amide bonds. The Morgan fingerprint density at radius 2 is 1.24 bits per heavy atom. The SMILES string of the molecule is CCC=C/C=C\CCC/C=C/C=C/CCC=O. The summed E-state index contributed by atoms with van der Waals surface area (Å²) in [6.45, 7) is 2.14. The lowest BCUT2D eigenvalue weighted by Crippen LogP contribution is -1.70. The molecule has 0 aromatic rings. The van der Waals surface area contributed by atoms with Gasteiger partial charge in [-0.25, -0.2) is 0 Å². The lowest BCUT2D eigenvalue weighted by Gasteiger charge is -1.88. The van der Waals surface area contributed by atoms with Gasteiger partial charge in [0.05, 0.1) is 0 Å². The van der Waals surface area contributed by atoms with Gasteiger partial charge in [0.15, 0.2) is 0 Å². The normalized spacial score (nSPS) is 12.5. The summed E-state index contributed by atoms with van der Waals surface area (Å²) in [6, 6.07) is 0. The van der Waals surface area contributed by atoms with E-state index in [1.54, 1.807) is 0 Å². The molecule has 0 aliphatic heterocycles. The van der Waals surface area contributed by atoms with Crippen molar-refractivity contribution in [3.05, 3.63) is 48.6 Å². The van der Waals surface area contributed by atoms with Crippen molar-refractivity contribution in [2.24, 2.45) is 0 Å². The van der Waals surface area contributed by atoms with Crippen LogP contribution < -0.4 is 0 Å². The fraction of sp³-hybridized carbons (Fsp3) is 0.438. The Morgan fingerprint density at radius 3 is 1.76 bits per heavy atom. The summed E-state index contributed by atoms with van der Waals surface area (Å²) in [7, 11) is 0. The maximum absolute atomic E-state index is 10.0. The molecule has 0 saturated carbocycles. The van der Waals surface area contributed by atoms with Crippen LogP contribution in [0.1, 0.15) is 45.4 Å². The van der Waals surface area contributed by atoms with Crippen LogP contribution in [0.2, 0.25) is 0 Å². The van der Waals surface area contributed by atoms with Crippen LogP contribution in [-0.2, 0) is 4.79 Å². The van der Waals surface area contributed by atoms with E-state index in [0.717, 1.165) is 32.0 Å². The van der Waals surface area contributed by atoms with E-state index >= 15 is 0 Å². The van der Waals surface area contributed by atoms with Crippen molar-refractivity contribution >= 4 is 6.29 Å². The predicted octanol–water partition coefficient (Wildman–Crippen LogP) is 4.77. The topological polar surface area (TPSA) is 17.1 Å². The van der Waals surface area contributed by atoms with Gasteiger partial charge in [-0.2, -0.15) is 0 Å². The monoisotopic (exact) mass is 232 g/mol. The number of unbranched alkanes of at least 4 members (excludes halogenated alkanes) is 3. The molecule has 0 fully saturated rings. The fourth-order valence-corrected chi connectivity index (χ4v) is 1.26. The van der Waals surface area contributed by atoms with Crippen LogP contribution in [0.15, 0.2) is 48.6 Å². The van der Waals surface area contributed by atoms with Gasteiger partial charge in [0, 0.05) is 6.42 Å². The molecule has 0 aliphatic carbocycles. The average molecular weight is 232 g/mol. The zero-order valence-electron chi connectivity index (χ0n) is 10.8. The zero-order valence-corrected chi connectivity index (χ0v) is 10.8. The summed E-state index contributed by atoms with van der Waals surface area (Å²) in [5.41, 5.74) is 0. The largest absolute Gasteiger partial charge is 0.303 e. The molecule has 0 spiro atoms. The van der Waals surface area contributed by atoms with Crippen molar-refractivity contribution in [3.63, 3.8) is 0 Å². The molecule has 0 aromatic carbocycles. The van der Waals surface area contributed by atoms with Crippen molar-refractivity contribution in [2.45, 2.75) is 45.4 Å². The number of rotatable bonds is 10. The molecule has 0 radical (unpaired) electrons. The maximum atomic E-state index is 10.0. The van der Waals surface area contributed by atoms with Gasteiger partial charge in [-0.1, -0.05) is 55.5 Å². The first kappa shape index (κ1) is 15.6. The van der Waals surface area contributed by atoms with E-state index in [-0.39, 0.29) is 0 Å². The molecular weight excluding hydrogens is 208 g/mol. The Hall–Kier alpha value is -1.37. The Bertz CT molecular complexity index is 269. The highest BCUT2D eigenvalue weighted by Gasteiger charge is 1.79. The van der Waals surface area contributed by atoms with Gasteiger partial charge in [-0.15, -0.1) is 0 Å². The third kappa shape index (κ3) is 14.6. The van der Waals surface area contributed by atoms with Crippen LogP contribution in [0.5, 0.6) is 0 Å². The highest BCUT2D eigenvalue weighted by Crippen LogP contribution is 1.99. The average Bonchev–Trinajstić information content (AvgIpc) is 2.35. The minimum absolute atomic E-state index is 0.625. The first-order chi connectivity index (χ1) is 8.41. The smallest absolute Gasteiger partial charge is 0.120 e. The van der Waals surface area contributed by atoms with E-state index in [4.69, 9.17) is 0 Å². The van der Waals surface area contributed by atoms with Gasteiger partial charge in [0.25, 0.3) is 0 Å². The zero-order chi connectivity index (χ0) is 12.6. The van der Waals surface area contributed by atoms with E-state index in [2.05, 4.69) is 43.4 Å². The molecule has 0 N–H and O–H groups in total. The third-order valence-corrected chi connectivity index (χ3v) is 2.20. The second-order valence-electron chi connectivity index (χ2n) is 3.80. The number of hydrogen-bond donors (Lipinski definition) is 0. The molecule has 0 heterocycles. The maximum Gasteiger partial charge on any atom is 0.120 e. The van der Waals surface area contributed by atoms with Crippen LogP contribution in [0.25, 0.3) is 0 Å². The van der Waals surface area contributed by atoms with E-state index in [1.807, 2.05) is 12.2 Å². The molecule has 0 aromatic heterocycles. The Labute approximate surface area is 106 Å². The summed E-state index contributed by atoms with van der Waals surface area (Å²) < 4.78 is 0. The minimum atomic E-state index is 0.625. The van der Waals surface area contributed by atoms with Gasteiger partial charge in [0.2, 0.25) is 0 Å². The van der Waals surface area contributed by atoms with Gasteiger partial charge in [-0.05, 0) is 32.1 Å². The van der Waals surface area contributed by atoms with E-state index in [9.17, 15) is 4.79 Å². The van der Waals surface area contributed by atoms with Crippen LogP contribution >= 0.6 is 0 Å². The highest BCUT2D eigenvalue weighted by molar-refractivity contribution is 5.49. The lowest BCUT2D eigenvalue weighted by molar-refractivity contribution is -0.107. The van der Waals surface area contributed by atoms with E-state index in [1.165, 1.54) is 6.42 Å². The van der Waals surface area contributed by atoms with Crippen LogP contribution in [0, 0.1) is 0 Å². The van der Waals surface area contributed by atoms with Crippen molar-refractivity contribution < 1.29 is 4.79 Å². The summed E-state index contributed by atoms with van der Waals surface area (Å²) >= 11 is 0. The molecule has 0 atom stereocenters. The van der Waals surface area contributed by atoms with Crippen LogP contribution in [-0.4, -0.2) is 6.29 Å². The molecule has 0 rings (SSSR count). The first-order valence-electron chi connectivity index (χ1n) is 6.48. The molecule has 0 bridgehead atoms. The molecular formula is C16H24O. The standard InChI is InChI=1S/C16H24O/c1-2-3-4-5-6-7-8-9-10-11-12-13-14-15-16-17/h3-6,10-13,16H,2,7-9,14-15H2,1H3/b4-3?,6-5-,11-10+,13-12+. The van der Waals surface area contributed by atoms with Crippen molar-refractivity contribution in [3.8, 4) is 0 Å². The molecule has 17 heavy (non-hydrogen) atoms. The number of hydrogen-bond acceptors (Lipinski definition) is 1. The van der Waals surface area contributed by atoms with Crippen LogP contribution in [0.4, 0.5) is 0 Å². The van der Waals surface area contributed by atoms with Crippen LogP contribution in [0.3, 0.4) is 0 Å². The molecule has 1 heteroatoms. The minimum Gasteiger partial charge on any atom is -0.303 e. The van der Waals surface area contributed by atoms with Crippen molar-refractivity contribution in [1.82, 2.24) is 0 Å². The second-order valence-corrected chi connectivity index (χ2v) is 3.80. The Kier molecular flexibility index (Phi) is 13.5. The predicted molar refractivity (Wildman–Crippen MR) is 76.0 cm³/mol. The Morgan fingerprint density at radius 1 is 0.706 bits per heavy atom. The summed E-state index contributed by atoms with van der Waals surface area (Å²) in [5.74, 6) is 0. The van der Waals surface area contributed by atoms with Gasteiger partial charge in [-0.3, -0.25) is 0 Å². The molecule has 0 unspecified atom stereocenters. The summed E-state index contributed by atoms with van der Waals surface area (Å²) in [5, 5.41) is 0. The first-order valence-corrected chi connectivity index (χ1v) is 6.48. The quantitative estimate of drug-likeness (QED) is 0.301. The van der Waals surface area contributed by atoms with E-state index < -0.39 is 0 Å². The van der Waals surface area contributed by atoms with Crippen molar-refractivity contribution in [2.75, 3.05) is 0 Å². The third-order valence-electron chi connectivity index (χ3n) is 2.20. The lowest BCUT2D eigenvalue weighted by atomic mass is 10.2. The van der Waals surface area contributed by atoms with Gasteiger partial charge >= 0.3 is 0 Å².